The van der Waals surface area contributed by atoms with Crippen LogP contribution in [0.5, 0.6) is 5.75 Å². The van der Waals surface area contributed by atoms with Crippen LogP contribution in [0.25, 0.3) is 0 Å². The monoisotopic (exact) mass is 276 g/mol. The smallest absolute Gasteiger partial charge is 0.253 e. The number of likely N-dealkylation sites (tertiary alicyclic amines) is 1. The van der Waals surface area contributed by atoms with Crippen LogP contribution < -0.4 is 10.1 Å². The van der Waals surface area contributed by atoms with Crippen LogP contribution in [-0.4, -0.2) is 44.0 Å². The number of ether oxygens (including phenoxy) is 1. The van der Waals surface area contributed by atoms with Gasteiger partial charge in [-0.25, -0.2) is 0 Å². The molecule has 20 heavy (non-hydrogen) atoms. The van der Waals surface area contributed by atoms with Gasteiger partial charge in [0.1, 0.15) is 5.75 Å². The molecule has 1 N–H and O–H groups in total. The lowest BCUT2D eigenvalue weighted by atomic mass is 9.95. The number of hydrogen-bond donors (Lipinski definition) is 1. The molecule has 1 aromatic carbocycles. The molecule has 1 aliphatic rings. The molecule has 0 saturated carbocycles. The number of hydrogen-bond acceptors (Lipinski definition) is 3. The normalized spacial score (nSPS) is 15.8. The van der Waals surface area contributed by atoms with Gasteiger partial charge in [-0.2, -0.15) is 0 Å². The fraction of sp³-hybridized carbons (Fsp3) is 0.467. The Morgan fingerprint density at radius 1 is 1.20 bits per heavy atom. The van der Waals surface area contributed by atoms with Gasteiger partial charge in [0.15, 0.2) is 0 Å². The first kappa shape index (κ1) is 14.4. The van der Waals surface area contributed by atoms with E-state index in [9.17, 15) is 9.59 Å². The van der Waals surface area contributed by atoms with Gasteiger partial charge in [-0.15, -0.1) is 0 Å². The molecule has 0 spiro atoms. The predicted molar refractivity (Wildman–Crippen MR) is 75.7 cm³/mol. The second-order valence-electron chi connectivity index (χ2n) is 4.91. The van der Waals surface area contributed by atoms with Crippen LogP contribution in [0.4, 0.5) is 0 Å². The Labute approximate surface area is 118 Å². The average molecular weight is 276 g/mol. The van der Waals surface area contributed by atoms with Crippen molar-refractivity contribution in [3.8, 4) is 5.75 Å². The highest BCUT2D eigenvalue weighted by Crippen LogP contribution is 2.20. The first-order chi connectivity index (χ1) is 9.65. The molecular weight excluding hydrogens is 256 g/mol. The minimum atomic E-state index is 0.0167. The molecule has 0 aliphatic carbocycles. The van der Waals surface area contributed by atoms with Gasteiger partial charge in [0.05, 0.1) is 7.11 Å². The van der Waals surface area contributed by atoms with Crippen LogP contribution in [0.1, 0.15) is 23.2 Å². The van der Waals surface area contributed by atoms with Gasteiger partial charge >= 0.3 is 0 Å². The third-order valence-electron chi connectivity index (χ3n) is 3.74. The van der Waals surface area contributed by atoms with Crippen molar-refractivity contribution in [1.82, 2.24) is 10.2 Å². The van der Waals surface area contributed by atoms with E-state index in [-0.39, 0.29) is 17.7 Å². The molecule has 2 amide bonds. The molecule has 0 atom stereocenters. The van der Waals surface area contributed by atoms with Crippen LogP contribution in [0, 0.1) is 5.92 Å². The Hall–Kier alpha value is -2.04. The van der Waals surface area contributed by atoms with E-state index in [1.807, 2.05) is 0 Å². The molecule has 0 aromatic heterocycles. The molecule has 1 aromatic rings. The van der Waals surface area contributed by atoms with Crippen LogP contribution in [0.2, 0.25) is 0 Å². The number of methoxy groups -OCH3 is 1. The zero-order valence-electron chi connectivity index (χ0n) is 11.9. The number of rotatable bonds is 3. The molecule has 0 radical (unpaired) electrons. The summed E-state index contributed by atoms with van der Waals surface area (Å²) < 4.78 is 5.08. The highest BCUT2D eigenvalue weighted by Gasteiger charge is 2.27. The summed E-state index contributed by atoms with van der Waals surface area (Å²) in [5.74, 6) is 0.851. The molecule has 0 unspecified atom stereocenters. The molecule has 1 heterocycles. The summed E-state index contributed by atoms with van der Waals surface area (Å²) in [6, 6.07) is 7.10. The highest BCUT2D eigenvalue weighted by atomic mass is 16.5. The molecule has 5 nitrogen and oxygen atoms in total. The lowest BCUT2D eigenvalue weighted by Crippen LogP contribution is -2.42. The number of piperidine rings is 1. The first-order valence-electron chi connectivity index (χ1n) is 6.80. The number of nitrogens with zero attached hydrogens (tertiary/aromatic N) is 1. The molecule has 5 heteroatoms. The number of carbonyl (C=O) groups excluding carboxylic acids is 2. The molecule has 1 aliphatic heterocycles. The minimum absolute atomic E-state index is 0.0167. The van der Waals surface area contributed by atoms with E-state index >= 15 is 0 Å². The van der Waals surface area contributed by atoms with Crippen LogP contribution in [-0.2, 0) is 4.79 Å². The largest absolute Gasteiger partial charge is 0.497 e. The summed E-state index contributed by atoms with van der Waals surface area (Å²) in [5.41, 5.74) is 0.657. The number of amides is 2. The van der Waals surface area contributed by atoms with Gasteiger partial charge in [-0.3, -0.25) is 9.59 Å². The van der Waals surface area contributed by atoms with Crippen LogP contribution in [0.3, 0.4) is 0 Å². The Morgan fingerprint density at radius 2 is 1.80 bits per heavy atom. The summed E-state index contributed by atoms with van der Waals surface area (Å²) in [6.45, 7) is 1.26. The van der Waals surface area contributed by atoms with E-state index in [4.69, 9.17) is 4.74 Å². The van der Waals surface area contributed by atoms with Gasteiger partial charge in [0.2, 0.25) is 5.91 Å². The van der Waals surface area contributed by atoms with E-state index in [1.165, 1.54) is 0 Å². The third kappa shape index (κ3) is 3.10. The molecule has 108 valence electrons. The second kappa shape index (κ2) is 6.41. The van der Waals surface area contributed by atoms with E-state index in [0.717, 1.165) is 18.6 Å². The maximum atomic E-state index is 12.3. The van der Waals surface area contributed by atoms with Crippen molar-refractivity contribution >= 4 is 11.8 Å². The molecular formula is C15H20N2O3. The zero-order valence-corrected chi connectivity index (χ0v) is 11.9. The maximum absolute atomic E-state index is 12.3. The Morgan fingerprint density at radius 3 is 2.30 bits per heavy atom. The summed E-state index contributed by atoms with van der Waals surface area (Å²) in [5, 5.41) is 2.67. The van der Waals surface area contributed by atoms with Gasteiger partial charge in [0.25, 0.3) is 5.91 Å². The lowest BCUT2D eigenvalue weighted by molar-refractivity contribution is -0.125. The molecule has 0 bridgehead atoms. The van der Waals surface area contributed by atoms with Gasteiger partial charge < -0.3 is 15.0 Å². The standard InChI is InChI=1S/C15H20N2O3/c1-16-14(18)11-7-9-17(10-8-11)15(19)12-3-5-13(20-2)6-4-12/h3-6,11H,7-10H2,1-2H3,(H,16,18). The van der Waals surface area contributed by atoms with Crippen molar-refractivity contribution in [2.75, 3.05) is 27.2 Å². The Bertz CT molecular complexity index is 476. The highest BCUT2D eigenvalue weighted by molar-refractivity contribution is 5.94. The Kier molecular flexibility index (Phi) is 4.61. The fourth-order valence-electron chi connectivity index (χ4n) is 2.47. The number of benzene rings is 1. The second-order valence-corrected chi connectivity index (χ2v) is 4.91. The molecule has 1 saturated heterocycles. The third-order valence-corrected chi connectivity index (χ3v) is 3.74. The van der Waals surface area contributed by atoms with E-state index in [2.05, 4.69) is 5.32 Å². The minimum Gasteiger partial charge on any atom is -0.497 e. The SMILES string of the molecule is CNC(=O)C1CCN(C(=O)c2ccc(OC)cc2)CC1. The number of carbonyl (C=O) groups is 2. The predicted octanol–water partition coefficient (Wildman–Crippen LogP) is 1.29. The van der Waals surface area contributed by atoms with Crippen molar-refractivity contribution in [3.05, 3.63) is 29.8 Å². The first-order valence-corrected chi connectivity index (χ1v) is 6.80. The topological polar surface area (TPSA) is 58.6 Å². The van der Waals surface area contributed by atoms with Gasteiger partial charge in [0, 0.05) is 31.6 Å². The summed E-state index contributed by atoms with van der Waals surface area (Å²) in [4.78, 5) is 25.7. The van der Waals surface area contributed by atoms with Gasteiger partial charge in [-0.1, -0.05) is 0 Å². The van der Waals surface area contributed by atoms with E-state index in [0.29, 0.717) is 18.7 Å². The summed E-state index contributed by atoms with van der Waals surface area (Å²) in [7, 11) is 3.25. The Balaban J connectivity index is 1.95. The maximum Gasteiger partial charge on any atom is 0.253 e. The van der Waals surface area contributed by atoms with Crippen molar-refractivity contribution in [1.29, 1.82) is 0 Å². The van der Waals surface area contributed by atoms with Crippen LogP contribution >= 0.6 is 0 Å². The lowest BCUT2D eigenvalue weighted by Gasteiger charge is -2.31. The van der Waals surface area contributed by atoms with Crippen LogP contribution in [0.15, 0.2) is 24.3 Å². The fourth-order valence-corrected chi connectivity index (χ4v) is 2.47. The van der Waals surface area contributed by atoms with Crippen molar-refractivity contribution in [2.45, 2.75) is 12.8 Å². The van der Waals surface area contributed by atoms with Crippen molar-refractivity contribution < 1.29 is 14.3 Å². The zero-order chi connectivity index (χ0) is 14.5. The molecule has 1 fully saturated rings. The van der Waals surface area contributed by atoms with Crippen molar-refractivity contribution in [3.63, 3.8) is 0 Å². The molecule has 2 rings (SSSR count). The van der Waals surface area contributed by atoms with Crippen molar-refractivity contribution in [2.24, 2.45) is 5.92 Å². The summed E-state index contributed by atoms with van der Waals surface area (Å²) in [6.07, 6.45) is 1.45. The number of nitrogens with one attached hydrogen (secondary N) is 1. The quantitative estimate of drug-likeness (QED) is 0.905. The van der Waals surface area contributed by atoms with E-state index in [1.54, 1.807) is 43.3 Å². The average Bonchev–Trinajstić information content (AvgIpc) is 2.53. The summed E-state index contributed by atoms with van der Waals surface area (Å²) >= 11 is 0. The van der Waals surface area contributed by atoms with E-state index < -0.39 is 0 Å². The van der Waals surface area contributed by atoms with Gasteiger partial charge in [-0.05, 0) is 37.1 Å².